The molecule has 5 heteroatoms. The van der Waals surface area contributed by atoms with Gasteiger partial charge < -0.3 is 5.32 Å². The number of anilines is 1. The number of pyridine rings is 1. The quantitative estimate of drug-likeness (QED) is 0.784. The number of nitriles is 1. The van der Waals surface area contributed by atoms with Crippen molar-refractivity contribution >= 4 is 16.7 Å². The highest BCUT2D eigenvalue weighted by atomic mass is 15.2. The first kappa shape index (κ1) is 12.1. The lowest BCUT2D eigenvalue weighted by Crippen LogP contribution is -2.05. The molecular weight excluding hydrogens is 250 g/mol. The summed E-state index contributed by atoms with van der Waals surface area (Å²) >= 11 is 0. The summed E-state index contributed by atoms with van der Waals surface area (Å²) in [7, 11) is 0. The summed E-state index contributed by atoms with van der Waals surface area (Å²) in [5.41, 5.74) is 2.48. The summed E-state index contributed by atoms with van der Waals surface area (Å²) in [6.45, 7) is 0.543. The van der Waals surface area contributed by atoms with Gasteiger partial charge in [0.1, 0.15) is 6.07 Å². The molecule has 0 fully saturated rings. The number of rotatable bonds is 3. The van der Waals surface area contributed by atoms with Crippen molar-refractivity contribution < 1.29 is 0 Å². The van der Waals surface area contributed by atoms with Crippen molar-refractivity contribution in [3.8, 4) is 6.07 Å². The molecule has 0 spiro atoms. The second-order valence-electron chi connectivity index (χ2n) is 4.25. The molecule has 20 heavy (non-hydrogen) atoms. The van der Waals surface area contributed by atoms with Gasteiger partial charge in [-0.05, 0) is 17.7 Å². The highest BCUT2D eigenvalue weighted by Gasteiger charge is 2.05. The molecule has 0 saturated carbocycles. The second kappa shape index (κ2) is 5.33. The van der Waals surface area contributed by atoms with Crippen LogP contribution in [0.3, 0.4) is 0 Å². The smallest absolute Gasteiger partial charge is 0.166 e. The molecule has 0 bridgehead atoms. The van der Waals surface area contributed by atoms with E-state index in [1.54, 1.807) is 12.3 Å². The Kier molecular flexibility index (Phi) is 3.21. The van der Waals surface area contributed by atoms with Crippen LogP contribution >= 0.6 is 0 Å². The van der Waals surface area contributed by atoms with Crippen molar-refractivity contribution in [3.63, 3.8) is 0 Å². The standard InChI is InChI=1S/C15H11N5/c16-9-12-6-8-19-20-15(12)18-10-13-4-1-3-11-5-2-7-17-14(11)13/h1-8H,10H2,(H,18,20). The SMILES string of the molecule is N#Cc1ccnnc1NCc1cccc2cccnc12. The van der Waals surface area contributed by atoms with Gasteiger partial charge in [-0.3, -0.25) is 4.98 Å². The highest BCUT2D eigenvalue weighted by Crippen LogP contribution is 2.17. The molecule has 0 unspecified atom stereocenters. The second-order valence-corrected chi connectivity index (χ2v) is 4.25. The molecule has 0 amide bonds. The Morgan fingerprint density at radius 3 is 2.90 bits per heavy atom. The molecule has 0 radical (unpaired) electrons. The predicted octanol–water partition coefficient (Wildman–Crippen LogP) is 2.51. The number of nitrogens with one attached hydrogen (secondary N) is 1. The Morgan fingerprint density at radius 2 is 2.00 bits per heavy atom. The van der Waals surface area contributed by atoms with Crippen LogP contribution in [0.25, 0.3) is 10.9 Å². The molecular formula is C15H11N5. The Hall–Kier alpha value is -3.00. The van der Waals surface area contributed by atoms with Crippen molar-refractivity contribution in [2.45, 2.75) is 6.54 Å². The van der Waals surface area contributed by atoms with Crippen LogP contribution in [0.5, 0.6) is 0 Å². The van der Waals surface area contributed by atoms with Gasteiger partial charge in [0.25, 0.3) is 0 Å². The largest absolute Gasteiger partial charge is 0.363 e. The van der Waals surface area contributed by atoms with Gasteiger partial charge in [-0.1, -0.05) is 24.3 Å². The van der Waals surface area contributed by atoms with Gasteiger partial charge in [0.2, 0.25) is 0 Å². The van der Waals surface area contributed by atoms with E-state index in [1.807, 2.05) is 30.3 Å². The van der Waals surface area contributed by atoms with E-state index in [0.29, 0.717) is 17.9 Å². The number of nitrogens with zero attached hydrogens (tertiary/aromatic N) is 4. The third kappa shape index (κ3) is 2.27. The highest BCUT2D eigenvalue weighted by molar-refractivity contribution is 5.81. The Labute approximate surface area is 115 Å². The lowest BCUT2D eigenvalue weighted by molar-refractivity contribution is 0.995. The maximum atomic E-state index is 9.02. The average molecular weight is 261 g/mol. The molecule has 1 aromatic carbocycles. The minimum absolute atomic E-state index is 0.480. The van der Waals surface area contributed by atoms with E-state index in [0.717, 1.165) is 16.5 Å². The van der Waals surface area contributed by atoms with Crippen LogP contribution in [0.2, 0.25) is 0 Å². The molecule has 3 rings (SSSR count). The first-order valence-corrected chi connectivity index (χ1v) is 6.17. The van der Waals surface area contributed by atoms with Crippen molar-refractivity contribution in [3.05, 3.63) is 59.9 Å². The number of para-hydroxylation sites is 1. The Bertz CT molecular complexity index is 786. The van der Waals surface area contributed by atoms with Gasteiger partial charge in [0.15, 0.2) is 5.82 Å². The number of hydrogen-bond donors (Lipinski definition) is 1. The monoisotopic (exact) mass is 261 g/mol. The van der Waals surface area contributed by atoms with Crippen molar-refractivity contribution in [2.75, 3.05) is 5.32 Å². The predicted molar refractivity (Wildman–Crippen MR) is 75.8 cm³/mol. The van der Waals surface area contributed by atoms with Crippen molar-refractivity contribution in [2.24, 2.45) is 0 Å². The zero-order valence-corrected chi connectivity index (χ0v) is 10.6. The van der Waals surface area contributed by atoms with Gasteiger partial charge in [-0.2, -0.15) is 10.4 Å². The summed E-state index contributed by atoms with van der Waals surface area (Å²) in [6, 6.07) is 13.7. The topological polar surface area (TPSA) is 74.5 Å². The lowest BCUT2D eigenvalue weighted by atomic mass is 10.1. The average Bonchev–Trinajstić information content (AvgIpc) is 2.53. The summed E-state index contributed by atoms with van der Waals surface area (Å²) < 4.78 is 0. The third-order valence-electron chi connectivity index (χ3n) is 3.00. The van der Waals surface area contributed by atoms with Crippen molar-refractivity contribution in [1.82, 2.24) is 15.2 Å². The summed E-state index contributed by atoms with van der Waals surface area (Å²) in [5, 5.41) is 21.0. The van der Waals surface area contributed by atoms with Crippen LogP contribution in [0, 0.1) is 11.3 Å². The summed E-state index contributed by atoms with van der Waals surface area (Å²) in [6.07, 6.45) is 3.28. The third-order valence-corrected chi connectivity index (χ3v) is 3.00. The lowest BCUT2D eigenvalue weighted by Gasteiger charge is -2.08. The van der Waals surface area contributed by atoms with Crippen LogP contribution in [0.1, 0.15) is 11.1 Å². The molecule has 0 aliphatic carbocycles. The first-order valence-electron chi connectivity index (χ1n) is 6.17. The maximum absolute atomic E-state index is 9.02. The Morgan fingerprint density at radius 1 is 1.10 bits per heavy atom. The fourth-order valence-corrected chi connectivity index (χ4v) is 2.04. The molecule has 0 saturated heterocycles. The molecule has 0 atom stereocenters. The van der Waals surface area contributed by atoms with E-state index in [4.69, 9.17) is 5.26 Å². The number of aromatic nitrogens is 3. The van der Waals surface area contributed by atoms with E-state index in [9.17, 15) is 0 Å². The molecule has 1 N–H and O–H groups in total. The molecule has 3 aromatic rings. The number of hydrogen-bond acceptors (Lipinski definition) is 5. The van der Waals surface area contributed by atoms with Crippen LogP contribution < -0.4 is 5.32 Å². The summed E-state index contributed by atoms with van der Waals surface area (Å²) in [4.78, 5) is 4.39. The number of benzene rings is 1. The molecule has 0 aliphatic rings. The van der Waals surface area contributed by atoms with E-state index < -0.39 is 0 Å². The van der Waals surface area contributed by atoms with Gasteiger partial charge in [0, 0.05) is 18.1 Å². The van der Waals surface area contributed by atoms with Gasteiger partial charge in [0.05, 0.1) is 17.3 Å². The first-order chi connectivity index (χ1) is 9.88. The zero-order valence-electron chi connectivity index (χ0n) is 10.6. The summed E-state index contributed by atoms with van der Waals surface area (Å²) in [5.74, 6) is 0.489. The van der Waals surface area contributed by atoms with E-state index in [2.05, 4.69) is 26.6 Å². The van der Waals surface area contributed by atoms with Crippen LogP contribution in [-0.2, 0) is 6.54 Å². The molecule has 2 heterocycles. The van der Waals surface area contributed by atoms with Gasteiger partial charge in [-0.25, -0.2) is 0 Å². The van der Waals surface area contributed by atoms with Crippen LogP contribution in [0.15, 0.2) is 48.8 Å². The molecule has 0 aliphatic heterocycles. The minimum Gasteiger partial charge on any atom is -0.363 e. The fourth-order valence-electron chi connectivity index (χ4n) is 2.04. The number of fused-ring (bicyclic) bond motifs is 1. The van der Waals surface area contributed by atoms with Gasteiger partial charge >= 0.3 is 0 Å². The molecule has 96 valence electrons. The maximum Gasteiger partial charge on any atom is 0.166 e. The fraction of sp³-hybridized carbons (Fsp3) is 0.0667. The Balaban J connectivity index is 1.89. The van der Waals surface area contributed by atoms with Crippen LogP contribution in [0.4, 0.5) is 5.82 Å². The molecule has 5 nitrogen and oxygen atoms in total. The normalized spacial score (nSPS) is 10.2. The van der Waals surface area contributed by atoms with Crippen LogP contribution in [-0.4, -0.2) is 15.2 Å². The van der Waals surface area contributed by atoms with E-state index >= 15 is 0 Å². The van der Waals surface area contributed by atoms with E-state index in [-0.39, 0.29) is 0 Å². The van der Waals surface area contributed by atoms with Gasteiger partial charge in [-0.15, -0.1) is 5.10 Å². The van der Waals surface area contributed by atoms with Crippen molar-refractivity contribution in [1.29, 1.82) is 5.26 Å². The van der Waals surface area contributed by atoms with E-state index in [1.165, 1.54) is 6.20 Å². The zero-order chi connectivity index (χ0) is 13.8. The molecule has 2 aromatic heterocycles. The minimum atomic E-state index is 0.480.